The minimum atomic E-state index is -2.90. The van der Waals surface area contributed by atoms with Gasteiger partial charge in [-0.1, -0.05) is 0 Å². The molecule has 1 rings (SSSR count). The highest BCUT2D eigenvalue weighted by Gasteiger charge is 2.13. The number of hydrazine groups is 1. The SMILES string of the molecule is CS(=O)(=O)CCCC(NN)c1cnsn1. The van der Waals surface area contributed by atoms with Gasteiger partial charge in [-0.05, 0) is 12.8 Å². The Hall–Kier alpha value is -0.570. The maximum Gasteiger partial charge on any atom is 0.147 e. The Labute approximate surface area is 93.1 Å². The highest BCUT2D eigenvalue weighted by molar-refractivity contribution is 7.90. The average Bonchev–Trinajstić information content (AvgIpc) is 2.63. The van der Waals surface area contributed by atoms with Crippen LogP contribution in [0.15, 0.2) is 6.20 Å². The number of nitrogens with one attached hydrogen (secondary N) is 1. The zero-order valence-electron chi connectivity index (χ0n) is 8.38. The molecule has 1 unspecified atom stereocenters. The van der Waals surface area contributed by atoms with Gasteiger partial charge in [0.2, 0.25) is 0 Å². The Morgan fingerprint density at radius 3 is 2.87 bits per heavy atom. The summed E-state index contributed by atoms with van der Waals surface area (Å²) in [4.78, 5) is 0. The van der Waals surface area contributed by atoms with Crippen molar-refractivity contribution in [3.63, 3.8) is 0 Å². The van der Waals surface area contributed by atoms with Gasteiger partial charge in [-0.2, -0.15) is 8.75 Å². The first-order chi connectivity index (χ1) is 7.03. The van der Waals surface area contributed by atoms with Crippen molar-refractivity contribution < 1.29 is 8.42 Å². The van der Waals surface area contributed by atoms with E-state index in [0.29, 0.717) is 12.8 Å². The van der Waals surface area contributed by atoms with E-state index in [0.717, 1.165) is 17.4 Å². The summed E-state index contributed by atoms with van der Waals surface area (Å²) < 4.78 is 29.7. The van der Waals surface area contributed by atoms with Crippen molar-refractivity contribution in [3.8, 4) is 0 Å². The number of hydrogen-bond donors (Lipinski definition) is 2. The second kappa shape index (κ2) is 5.50. The Morgan fingerprint density at radius 1 is 1.67 bits per heavy atom. The fourth-order valence-electron chi connectivity index (χ4n) is 1.19. The van der Waals surface area contributed by atoms with Gasteiger partial charge in [0.05, 0.1) is 29.7 Å². The van der Waals surface area contributed by atoms with Crippen molar-refractivity contribution in [1.29, 1.82) is 0 Å². The van der Waals surface area contributed by atoms with Gasteiger partial charge in [-0.15, -0.1) is 0 Å². The fraction of sp³-hybridized carbons (Fsp3) is 0.714. The summed E-state index contributed by atoms with van der Waals surface area (Å²) in [7, 11) is -2.90. The van der Waals surface area contributed by atoms with Crippen molar-refractivity contribution in [3.05, 3.63) is 11.9 Å². The predicted molar refractivity (Wildman–Crippen MR) is 58.9 cm³/mol. The molecule has 0 aliphatic heterocycles. The molecule has 1 aromatic rings. The van der Waals surface area contributed by atoms with Crippen LogP contribution in [0.3, 0.4) is 0 Å². The first kappa shape index (κ1) is 12.5. The van der Waals surface area contributed by atoms with Gasteiger partial charge in [0.25, 0.3) is 0 Å². The van der Waals surface area contributed by atoms with Crippen LogP contribution < -0.4 is 11.3 Å². The summed E-state index contributed by atoms with van der Waals surface area (Å²) in [5.41, 5.74) is 3.36. The van der Waals surface area contributed by atoms with E-state index < -0.39 is 9.84 Å². The van der Waals surface area contributed by atoms with Crippen LogP contribution in [-0.2, 0) is 9.84 Å². The number of rotatable bonds is 6. The Kier molecular flexibility index (Phi) is 4.58. The Bertz CT molecular complexity index is 376. The minimum absolute atomic E-state index is 0.120. The molecule has 6 nitrogen and oxygen atoms in total. The zero-order chi connectivity index (χ0) is 11.3. The molecule has 0 saturated carbocycles. The smallest absolute Gasteiger partial charge is 0.147 e. The number of aromatic nitrogens is 2. The molecule has 0 aliphatic rings. The first-order valence-corrected chi connectivity index (χ1v) is 7.23. The van der Waals surface area contributed by atoms with E-state index in [-0.39, 0.29) is 11.8 Å². The third kappa shape index (κ3) is 4.65. The Morgan fingerprint density at radius 2 is 2.40 bits per heavy atom. The van der Waals surface area contributed by atoms with Crippen LogP contribution in [0.25, 0.3) is 0 Å². The molecule has 0 aromatic carbocycles. The van der Waals surface area contributed by atoms with Crippen LogP contribution in [0.2, 0.25) is 0 Å². The molecule has 8 heteroatoms. The number of sulfone groups is 1. The van der Waals surface area contributed by atoms with E-state index in [4.69, 9.17) is 5.84 Å². The summed E-state index contributed by atoms with van der Waals surface area (Å²) in [6.45, 7) is 0. The average molecular weight is 250 g/mol. The van der Waals surface area contributed by atoms with E-state index in [2.05, 4.69) is 14.2 Å². The lowest BCUT2D eigenvalue weighted by Gasteiger charge is -2.11. The maximum atomic E-state index is 10.9. The molecule has 0 spiro atoms. The second-order valence-electron chi connectivity index (χ2n) is 3.32. The van der Waals surface area contributed by atoms with Crippen LogP contribution in [0.1, 0.15) is 24.6 Å². The molecule has 1 heterocycles. The molecule has 0 saturated heterocycles. The summed E-state index contributed by atoms with van der Waals surface area (Å²) >= 11 is 1.11. The zero-order valence-corrected chi connectivity index (χ0v) is 10.0. The monoisotopic (exact) mass is 250 g/mol. The molecule has 0 fully saturated rings. The van der Waals surface area contributed by atoms with Crippen molar-refractivity contribution in [2.24, 2.45) is 5.84 Å². The third-order valence-electron chi connectivity index (χ3n) is 1.94. The number of nitrogens with zero attached hydrogens (tertiary/aromatic N) is 2. The van der Waals surface area contributed by atoms with E-state index in [1.54, 1.807) is 6.20 Å². The van der Waals surface area contributed by atoms with Crippen molar-refractivity contribution in [2.75, 3.05) is 12.0 Å². The molecule has 0 amide bonds. The van der Waals surface area contributed by atoms with Crippen LogP contribution >= 0.6 is 11.7 Å². The molecule has 86 valence electrons. The highest BCUT2D eigenvalue weighted by Crippen LogP contribution is 2.15. The minimum Gasteiger partial charge on any atom is -0.271 e. The van der Waals surface area contributed by atoms with Gasteiger partial charge >= 0.3 is 0 Å². The van der Waals surface area contributed by atoms with Crippen molar-refractivity contribution in [2.45, 2.75) is 18.9 Å². The second-order valence-corrected chi connectivity index (χ2v) is 6.14. The van der Waals surface area contributed by atoms with Gasteiger partial charge in [0.15, 0.2) is 0 Å². The first-order valence-electron chi connectivity index (χ1n) is 4.44. The lowest BCUT2D eigenvalue weighted by atomic mass is 10.1. The summed E-state index contributed by atoms with van der Waals surface area (Å²) in [5.74, 6) is 5.52. The fourth-order valence-corrected chi connectivity index (χ4v) is 2.35. The highest BCUT2D eigenvalue weighted by atomic mass is 32.2. The summed E-state index contributed by atoms with van der Waals surface area (Å²) in [6, 6.07) is -0.120. The molecule has 0 radical (unpaired) electrons. The summed E-state index contributed by atoms with van der Waals surface area (Å²) in [5, 5.41) is 0. The maximum absolute atomic E-state index is 10.9. The van der Waals surface area contributed by atoms with Crippen LogP contribution in [-0.4, -0.2) is 29.2 Å². The van der Waals surface area contributed by atoms with Crippen LogP contribution in [0, 0.1) is 0 Å². The van der Waals surface area contributed by atoms with E-state index in [1.165, 1.54) is 6.26 Å². The molecule has 1 atom stereocenters. The normalized spacial score (nSPS) is 14.0. The van der Waals surface area contributed by atoms with Crippen LogP contribution in [0.4, 0.5) is 0 Å². The Balaban J connectivity index is 2.42. The van der Waals surface area contributed by atoms with Gasteiger partial charge in [0, 0.05) is 12.0 Å². The molecular weight excluding hydrogens is 236 g/mol. The standard InChI is InChI=1S/C7H14N4O2S2/c1-15(12,13)4-2-3-6(10-8)7-5-9-14-11-7/h5-6,10H,2-4,8H2,1H3. The lowest BCUT2D eigenvalue weighted by Crippen LogP contribution is -2.28. The van der Waals surface area contributed by atoms with Gasteiger partial charge in [-0.3, -0.25) is 11.3 Å². The van der Waals surface area contributed by atoms with Gasteiger partial charge in [0.1, 0.15) is 9.84 Å². The topological polar surface area (TPSA) is 98.0 Å². The molecular formula is C7H14N4O2S2. The lowest BCUT2D eigenvalue weighted by molar-refractivity contribution is 0.499. The largest absolute Gasteiger partial charge is 0.271 e. The molecule has 0 bridgehead atoms. The van der Waals surface area contributed by atoms with Gasteiger partial charge < -0.3 is 0 Å². The molecule has 15 heavy (non-hydrogen) atoms. The van der Waals surface area contributed by atoms with E-state index in [9.17, 15) is 8.42 Å². The molecule has 3 N–H and O–H groups in total. The van der Waals surface area contributed by atoms with Gasteiger partial charge in [-0.25, -0.2) is 8.42 Å². The van der Waals surface area contributed by atoms with Crippen LogP contribution in [0.5, 0.6) is 0 Å². The molecule has 0 aliphatic carbocycles. The van der Waals surface area contributed by atoms with Crippen molar-refractivity contribution >= 4 is 21.6 Å². The van der Waals surface area contributed by atoms with E-state index in [1.807, 2.05) is 0 Å². The number of nitrogens with two attached hydrogens (primary N) is 1. The predicted octanol–water partition coefficient (Wildman–Crippen LogP) is -0.133. The number of hydrogen-bond acceptors (Lipinski definition) is 7. The van der Waals surface area contributed by atoms with Crippen molar-refractivity contribution in [1.82, 2.24) is 14.2 Å². The quantitative estimate of drug-likeness (QED) is 0.539. The summed E-state index contributed by atoms with van der Waals surface area (Å²) in [6.07, 6.45) is 4.05. The van der Waals surface area contributed by atoms with E-state index >= 15 is 0 Å². The third-order valence-corrected chi connectivity index (χ3v) is 3.47. The molecule has 1 aromatic heterocycles.